The molecule has 2 N–H and O–H groups in total. The Bertz CT molecular complexity index is 901. The summed E-state index contributed by atoms with van der Waals surface area (Å²) in [7, 11) is 0. The third-order valence-corrected chi connectivity index (χ3v) is 4.41. The van der Waals surface area contributed by atoms with Crippen molar-refractivity contribution in [2.24, 2.45) is 0 Å². The lowest BCUT2D eigenvalue weighted by Crippen LogP contribution is -2.01. The summed E-state index contributed by atoms with van der Waals surface area (Å²) in [5.41, 5.74) is 8.90. The minimum atomic E-state index is -0.342. The van der Waals surface area contributed by atoms with Gasteiger partial charge in [-0.25, -0.2) is 14.8 Å². The van der Waals surface area contributed by atoms with Gasteiger partial charge >= 0.3 is 5.63 Å². The van der Waals surface area contributed by atoms with Crippen LogP contribution in [-0.2, 0) is 12.2 Å². The number of nitrogens with zero attached hydrogens (tertiary/aromatic N) is 2. The second-order valence-electron chi connectivity index (χ2n) is 5.28. The van der Waals surface area contributed by atoms with E-state index in [-0.39, 0.29) is 5.63 Å². The smallest absolute Gasteiger partial charge is 0.336 e. The van der Waals surface area contributed by atoms with E-state index >= 15 is 0 Å². The molecule has 0 atom stereocenters. The largest absolute Gasteiger partial charge is 0.423 e. The van der Waals surface area contributed by atoms with E-state index in [9.17, 15) is 4.79 Å². The number of rotatable bonds is 4. The van der Waals surface area contributed by atoms with Crippen molar-refractivity contribution in [1.82, 2.24) is 9.97 Å². The Morgan fingerprint density at radius 1 is 1.22 bits per heavy atom. The zero-order valence-corrected chi connectivity index (χ0v) is 13.8. The van der Waals surface area contributed by atoms with Crippen LogP contribution in [0.25, 0.3) is 11.0 Å². The van der Waals surface area contributed by atoms with E-state index in [1.807, 2.05) is 19.1 Å². The first-order valence-electron chi connectivity index (χ1n) is 7.35. The molecule has 3 rings (SSSR count). The minimum Gasteiger partial charge on any atom is -0.423 e. The van der Waals surface area contributed by atoms with Crippen molar-refractivity contribution in [2.45, 2.75) is 31.2 Å². The number of nitrogens with two attached hydrogens (primary N) is 1. The van der Waals surface area contributed by atoms with Gasteiger partial charge in [-0.15, -0.1) is 0 Å². The summed E-state index contributed by atoms with van der Waals surface area (Å²) < 4.78 is 5.32. The van der Waals surface area contributed by atoms with E-state index in [4.69, 9.17) is 10.2 Å². The molecule has 2 heterocycles. The summed E-state index contributed by atoms with van der Waals surface area (Å²) in [6.45, 7) is 3.94. The first-order chi connectivity index (χ1) is 11.0. The molecule has 1 aromatic carbocycles. The summed E-state index contributed by atoms with van der Waals surface area (Å²) in [6.07, 6.45) is 0.898. The number of hydrogen-bond donors (Lipinski definition) is 1. The van der Waals surface area contributed by atoms with Gasteiger partial charge in [-0.05, 0) is 30.5 Å². The topological polar surface area (TPSA) is 82.0 Å². The normalized spacial score (nSPS) is 11.0. The Hall–Kier alpha value is -2.34. The van der Waals surface area contributed by atoms with Gasteiger partial charge < -0.3 is 10.2 Å². The van der Waals surface area contributed by atoms with Crippen molar-refractivity contribution in [3.8, 4) is 0 Å². The number of nitrogen functional groups attached to an aromatic ring is 1. The highest BCUT2D eigenvalue weighted by molar-refractivity contribution is 7.98. The predicted molar refractivity (Wildman–Crippen MR) is 92.6 cm³/mol. The highest BCUT2D eigenvalue weighted by atomic mass is 32.2. The van der Waals surface area contributed by atoms with Gasteiger partial charge in [0.2, 0.25) is 0 Å². The van der Waals surface area contributed by atoms with Gasteiger partial charge in [0.05, 0.1) is 0 Å². The zero-order valence-electron chi connectivity index (χ0n) is 13.0. The summed E-state index contributed by atoms with van der Waals surface area (Å²) in [5.74, 6) is 1.03. The van der Waals surface area contributed by atoms with Gasteiger partial charge in [0.25, 0.3) is 0 Å². The molecular formula is C17H17N3O2S. The van der Waals surface area contributed by atoms with Crippen LogP contribution in [0.1, 0.15) is 23.7 Å². The molecule has 0 bridgehead atoms. The standard InChI is InChI=1S/C17H17N3O2S/c1-3-11-4-5-13-12(8-16(21)22-14(13)7-11)9-23-17-19-10(2)6-15(18)20-17/h4-8H,3,9H2,1-2H3,(H2,18,19,20). The molecule has 0 saturated heterocycles. The highest BCUT2D eigenvalue weighted by Gasteiger charge is 2.09. The second-order valence-corrected chi connectivity index (χ2v) is 6.22. The Morgan fingerprint density at radius 2 is 2.04 bits per heavy atom. The fourth-order valence-electron chi connectivity index (χ4n) is 2.39. The quantitative estimate of drug-likeness (QED) is 0.450. The highest BCUT2D eigenvalue weighted by Crippen LogP contribution is 2.26. The predicted octanol–water partition coefficient (Wildman–Crippen LogP) is 3.33. The third kappa shape index (κ3) is 3.53. The molecule has 5 nitrogen and oxygen atoms in total. The first kappa shape index (κ1) is 15.6. The number of anilines is 1. The molecule has 118 valence electrons. The molecular weight excluding hydrogens is 310 g/mol. The Morgan fingerprint density at radius 3 is 2.78 bits per heavy atom. The number of benzene rings is 1. The summed E-state index contributed by atoms with van der Waals surface area (Å²) >= 11 is 1.45. The summed E-state index contributed by atoms with van der Waals surface area (Å²) in [6, 6.07) is 9.23. The SMILES string of the molecule is CCc1ccc2c(CSc3nc(C)cc(N)n3)cc(=O)oc2c1. The van der Waals surface area contributed by atoms with Crippen LogP contribution in [0.2, 0.25) is 0 Å². The molecule has 23 heavy (non-hydrogen) atoms. The van der Waals surface area contributed by atoms with Crippen molar-refractivity contribution in [3.63, 3.8) is 0 Å². The van der Waals surface area contributed by atoms with Gasteiger partial charge in [0.15, 0.2) is 5.16 Å². The van der Waals surface area contributed by atoms with Crippen LogP contribution in [0.5, 0.6) is 0 Å². The van der Waals surface area contributed by atoms with Crippen LogP contribution in [0.4, 0.5) is 5.82 Å². The second kappa shape index (κ2) is 6.42. The molecule has 0 spiro atoms. The average molecular weight is 327 g/mol. The van der Waals surface area contributed by atoms with Crippen molar-refractivity contribution in [3.05, 3.63) is 57.6 Å². The molecule has 0 aliphatic rings. The van der Waals surface area contributed by atoms with Crippen LogP contribution < -0.4 is 11.4 Å². The van der Waals surface area contributed by atoms with Crippen molar-refractivity contribution in [2.75, 3.05) is 5.73 Å². The van der Waals surface area contributed by atoms with E-state index in [0.29, 0.717) is 22.3 Å². The fraction of sp³-hybridized carbons (Fsp3) is 0.235. The van der Waals surface area contributed by atoms with Crippen LogP contribution in [0, 0.1) is 6.92 Å². The number of aryl methyl sites for hydroxylation is 2. The zero-order chi connectivity index (χ0) is 16.4. The monoisotopic (exact) mass is 327 g/mol. The summed E-state index contributed by atoms with van der Waals surface area (Å²) in [4.78, 5) is 20.4. The van der Waals surface area contributed by atoms with E-state index in [1.165, 1.54) is 17.8 Å². The van der Waals surface area contributed by atoms with Crippen molar-refractivity contribution < 1.29 is 4.42 Å². The minimum absolute atomic E-state index is 0.342. The molecule has 0 aliphatic carbocycles. The third-order valence-electron chi connectivity index (χ3n) is 3.51. The van der Waals surface area contributed by atoms with Crippen LogP contribution in [0.3, 0.4) is 0 Å². The Labute approximate surface area is 137 Å². The van der Waals surface area contributed by atoms with Gasteiger partial charge in [0, 0.05) is 29.0 Å². The molecule has 2 aromatic heterocycles. The van der Waals surface area contributed by atoms with Crippen molar-refractivity contribution in [1.29, 1.82) is 0 Å². The van der Waals surface area contributed by atoms with Gasteiger partial charge in [-0.2, -0.15) is 0 Å². The van der Waals surface area contributed by atoms with Crippen molar-refractivity contribution >= 4 is 28.5 Å². The maximum Gasteiger partial charge on any atom is 0.336 e. The lowest BCUT2D eigenvalue weighted by molar-refractivity contribution is 0.559. The number of hydrogen-bond acceptors (Lipinski definition) is 6. The lowest BCUT2D eigenvalue weighted by Gasteiger charge is -2.07. The molecule has 3 aromatic rings. The van der Waals surface area contributed by atoms with Gasteiger partial charge in [-0.3, -0.25) is 0 Å². The number of thioether (sulfide) groups is 1. The maximum atomic E-state index is 11.8. The number of fused-ring (bicyclic) bond motifs is 1. The lowest BCUT2D eigenvalue weighted by atomic mass is 10.1. The fourth-order valence-corrected chi connectivity index (χ4v) is 3.29. The first-order valence-corrected chi connectivity index (χ1v) is 8.33. The molecule has 0 saturated carbocycles. The number of aromatic nitrogens is 2. The Kier molecular flexibility index (Phi) is 4.34. The van der Waals surface area contributed by atoms with Gasteiger partial charge in [0.1, 0.15) is 11.4 Å². The Balaban J connectivity index is 1.94. The van der Waals surface area contributed by atoms with Crippen LogP contribution in [0.15, 0.2) is 44.7 Å². The molecule has 0 fully saturated rings. The molecule has 0 aliphatic heterocycles. The summed E-state index contributed by atoms with van der Waals surface area (Å²) in [5, 5.41) is 1.55. The van der Waals surface area contributed by atoms with E-state index < -0.39 is 0 Å². The van der Waals surface area contributed by atoms with E-state index in [2.05, 4.69) is 23.0 Å². The van der Waals surface area contributed by atoms with Crippen LogP contribution in [-0.4, -0.2) is 9.97 Å². The van der Waals surface area contributed by atoms with Gasteiger partial charge in [-0.1, -0.05) is 30.8 Å². The van der Waals surface area contributed by atoms with Crippen LogP contribution >= 0.6 is 11.8 Å². The average Bonchev–Trinajstić information content (AvgIpc) is 2.50. The maximum absolute atomic E-state index is 11.8. The molecule has 0 radical (unpaired) electrons. The van der Waals surface area contributed by atoms with E-state index in [1.54, 1.807) is 6.07 Å². The molecule has 0 unspecified atom stereocenters. The molecule has 6 heteroatoms. The van der Waals surface area contributed by atoms with E-state index in [0.717, 1.165) is 28.6 Å². The molecule has 0 amide bonds.